The monoisotopic (exact) mass is 284 g/mol. The topological polar surface area (TPSA) is 35.5 Å². The maximum atomic E-state index is 9.67. The molecule has 0 amide bonds. The number of aromatic hydroxyl groups is 1. The average molecular weight is 284 g/mol. The first kappa shape index (κ1) is 15.5. The lowest BCUT2D eigenvalue weighted by molar-refractivity contribution is 0.319. The van der Waals surface area contributed by atoms with Crippen molar-refractivity contribution >= 4 is 0 Å². The van der Waals surface area contributed by atoms with Crippen molar-refractivity contribution in [3.05, 3.63) is 65.7 Å². The third-order valence-corrected chi connectivity index (χ3v) is 3.50. The van der Waals surface area contributed by atoms with Crippen LogP contribution in [-0.2, 0) is 13.1 Å². The van der Waals surface area contributed by atoms with Gasteiger partial charge in [-0.3, -0.25) is 0 Å². The van der Waals surface area contributed by atoms with Crippen LogP contribution in [0.3, 0.4) is 0 Å². The van der Waals surface area contributed by atoms with Gasteiger partial charge in [-0.05, 0) is 38.2 Å². The normalized spacial score (nSPS) is 11.0. The minimum Gasteiger partial charge on any atom is -0.508 e. The first-order chi connectivity index (χ1) is 10.3. The number of nitrogens with one attached hydrogen (secondary N) is 1. The van der Waals surface area contributed by atoms with Crippen molar-refractivity contribution in [2.24, 2.45) is 0 Å². The Morgan fingerprint density at radius 3 is 2.48 bits per heavy atom. The molecule has 0 aliphatic carbocycles. The van der Waals surface area contributed by atoms with Gasteiger partial charge in [0.05, 0.1) is 0 Å². The summed E-state index contributed by atoms with van der Waals surface area (Å²) in [5.41, 5.74) is 2.30. The largest absolute Gasteiger partial charge is 0.508 e. The summed E-state index contributed by atoms with van der Waals surface area (Å²) in [5, 5.41) is 13.0. The molecule has 0 bridgehead atoms. The molecule has 0 atom stereocenters. The van der Waals surface area contributed by atoms with E-state index in [2.05, 4.69) is 41.5 Å². The highest BCUT2D eigenvalue weighted by atomic mass is 16.3. The molecule has 2 rings (SSSR count). The molecule has 0 spiro atoms. The Morgan fingerprint density at radius 1 is 1.00 bits per heavy atom. The lowest BCUT2D eigenvalue weighted by Gasteiger charge is -2.16. The van der Waals surface area contributed by atoms with Gasteiger partial charge in [0.25, 0.3) is 0 Å². The van der Waals surface area contributed by atoms with E-state index in [4.69, 9.17) is 0 Å². The van der Waals surface area contributed by atoms with Crippen LogP contribution in [0.4, 0.5) is 0 Å². The molecule has 0 aliphatic heterocycles. The second-order valence-electron chi connectivity index (χ2n) is 5.38. The summed E-state index contributed by atoms with van der Waals surface area (Å²) in [7, 11) is 2.15. The minimum absolute atomic E-state index is 0.367. The summed E-state index contributed by atoms with van der Waals surface area (Å²) in [4.78, 5) is 2.33. The zero-order valence-corrected chi connectivity index (χ0v) is 12.6. The number of hydrogen-bond acceptors (Lipinski definition) is 3. The SMILES string of the molecule is CN(CCCNCc1ccccc1O)Cc1ccccc1. The second kappa shape index (κ2) is 8.45. The van der Waals surface area contributed by atoms with Gasteiger partial charge in [-0.2, -0.15) is 0 Å². The predicted molar refractivity (Wildman–Crippen MR) is 87.2 cm³/mol. The Hall–Kier alpha value is -1.84. The van der Waals surface area contributed by atoms with Crippen LogP contribution in [0, 0.1) is 0 Å². The summed E-state index contributed by atoms with van der Waals surface area (Å²) in [6, 6.07) is 18.0. The lowest BCUT2D eigenvalue weighted by Crippen LogP contribution is -2.23. The third kappa shape index (κ3) is 5.58. The molecule has 0 radical (unpaired) electrons. The molecule has 2 aromatic rings. The molecule has 2 N–H and O–H groups in total. The van der Waals surface area contributed by atoms with Crippen LogP contribution < -0.4 is 5.32 Å². The molecule has 0 unspecified atom stereocenters. The van der Waals surface area contributed by atoms with Crippen LogP contribution in [0.25, 0.3) is 0 Å². The average Bonchev–Trinajstić information content (AvgIpc) is 2.50. The molecule has 0 heterocycles. The van der Waals surface area contributed by atoms with Crippen molar-refractivity contribution in [3.8, 4) is 5.75 Å². The number of phenols is 1. The molecule has 0 fully saturated rings. The second-order valence-corrected chi connectivity index (χ2v) is 5.38. The Labute approximate surface area is 127 Å². The van der Waals surface area contributed by atoms with E-state index in [9.17, 15) is 5.11 Å². The molecule has 112 valence electrons. The van der Waals surface area contributed by atoms with Crippen LogP contribution in [-0.4, -0.2) is 30.1 Å². The van der Waals surface area contributed by atoms with Gasteiger partial charge in [0.2, 0.25) is 0 Å². The standard InChI is InChI=1S/C18H24N2O/c1-20(15-16-8-3-2-4-9-16)13-7-12-19-14-17-10-5-6-11-18(17)21/h2-6,8-11,19,21H,7,12-15H2,1H3. The van der Waals surface area contributed by atoms with E-state index >= 15 is 0 Å². The molecule has 21 heavy (non-hydrogen) atoms. The van der Waals surface area contributed by atoms with Crippen LogP contribution in [0.15, 0.2) is 54.6 Å². The third-order valence-electron chi connectivity index (χ3n) is 3.50. The smallest absolute Gasteiger partial charge is 0.120 e. The fourth-order valence-electron chi connectivity index (χ4n) is 2.33. The van der Waals surface area contributed by atoms with Gasteiger partial charge >= 0.3 is 0 Å². The van der Waals surface area contributed by atoms with E-state index in [0.717, 1.165) is 38.2 Å². The van der Waals surface area contributed by atoms with E-state index < -0.39 is 0 Å². The van der Waals surface area contributed by atoms with Gasteiger partial charge in [0.1, 0.15) is 5.75 Å². The number of hydrogen-bond donors (Lipinski definition) is 2. The van der Waals surface area contributed by atoms with Crippen LogP contribution >= 0.6 is 0 Å². The number of nitrogens with zero attached hydrogens (tertiary/aromatic N) is 1. The highest BCUT2D eigenvalue weighted by molar-refractivity contribution is 5.31. The van der Waals surface area contributed by atoms with Crippen molar-refractivity contribution in [2.75, 3.05) is 20.1 Å². The number of benzene rings is 2. The Bertz CT molecular complexity index is 528. The van der Waals surface area contributed by atoms with Gasteiger partial charge in [0, 0.05) is 18.7 Å². The van der Waals surface area contributed by atoms with Crippen molar-refractivity contribution in [1.29, 1.82) is 0 Å². The van der Waals surface area contributed by atoms with E-state index in [1.54, 1.807) is 6.07 Å². The molecule has 0 aliphatic rings. The molecule has 3 nitrogen and oxygen atoms in total. The highest BCUT2D eigenvalue weighted by Crippen LogP contribution is 2.14. The maximum absolute atomic E-state index is 9.67. The number of rotatable bonds is 8. The quantitative estimate of drug-likeness (QED) is 0.732. The van der Waals surface area contributed by atoms with E-state index in [-0.39, 0.29) is 0 Å². The Kier molecular flexibility index (Phi) is 6.25. The molecule has 2 aromatic carbocycles. The zero-order valence-electron chi connectivity index (χ0n) is 12.6. The van der Waals surface area contributed by atoms with Crippen molar-refractivity contribution in [2.45, 2.75) is 19.5 Å². The first-order valence-electron chi connectivity index (χ1n) is 7.46. The fraction of sp³-hybridized carbons (Fsp3) is 0.333. The van der Waals surface area contributed by atoms with Crippen molar-refractivity contribution in [3.63, 3.8) is 0 Å². The number of para-hydroxylation sites is 1. The van der Waals surface area contributed by atoms with Gasteiger partial charge in [-0.15, -0.1) is 0 Å². The van der Waals surface area contributed by atoms with E-state index in [1.165, 1.54) is 5.56 Å². The molecule has 3 heteroatoms. The zero-order chi connectivity index (χ0) is 14.9. The van der Waals surface area contributed by atoms with Gasteiger partial charge in [-0.25, -0.2) is 0 Å². The Balaban J connectivity index is 1.60. The van der Waals surface area contributed by atoms with Crippen molar-refractivity contribution in [1.82, 2.24) is 10.2 Å². The first-order valence-corrected chi connectivity index (χ1v) is 7.46. The molecule has 0 saturated heterocycles. The number of phenolic OH excluding ortho intramolecular Hbond substituents is 1. The molecule has 0 saturated carbocycles. The van der Waals surface area contributed by atoms with Crippen LogP contribution in [0.2, 0.25) is 0 Å². The summed E-state index contributed by atoms with van der Waals surface area (Å²) in [6.07, 6.45) is 1.09. The van der Waals surface area contributed by atoms with E-state index in [1.807, 2.05) is 24.3 Å². The predicted octanol–water partition coefficient (Wildman–Crippen LogP) is 3.00. The minimum atomic E-state index is 0.367. The summed E-state index contributed by atoms with van der Waals surface area (Å²) in [6.45, 7) is 3.71. The fourth-order valence-corrected chi connectivity index (χ4v) is 2.33. The maximum Gasteiger partial charge on any atom is 0.120 e. The van der Waals surface area contributed by atoms with Crippen LogP contribution in [0.1, 0.15) is 17.5 Å². The summed E-state index contributed by atoms with van der Waals surface area (Å²) < 4.78 is 0. The molecular weight excluding hydrogens is 260 g/mol. The van der Waals surface area contributed by atoms with E-state index in [0.29, 0.717) is 5.75 Å². The van der Waals surface area contributed by atoms with Gasteiger partial charge in [-0.1, -0.05) is 48.5 Å². The van der Waals surface area contributed by atoms with Gasteiger partial charge in [0.15, 0.2) is 0 Å². The molecular formula is C18H24N2O. The lowest BCUT2D eigenvalue weighted by atomic mass is 10.2. The van der Waals surface area contributed by atoms with Crippen molar-refractivity contribution < 1.29 is 5.11 Å². The molecule has 0 aromatic heterocycles. The highest BCUT2D eigenvalue weighted by Gasteiger charge is 2.01. The van der Waals surface area contributed by atoms with Crippen LogP contribution in [0.5, 0.6) is 5.75 Å². The Morgan fingerprint density at radius 2 is 1.71 bits per heavy atom. The summed E-state index contributed by atoms with van der Waals surface area (Å²) in [5.74, 6) is 0.367. The van der Waals surface area contributed by atoms with Gasteiger partial charge < -0.3 is 15.3 Å². The summed E-state index contributed by atoms with van der Waals surface area (Å²) >= 11 is 0.